The molecule has 0 bridgehead atoms. The molecule has 1 aliphatic heterocycles. The number of rotatable bonds is 3. The van der Waals surface area contributed by atoms with Crippen molar-refractivity contribution in [3.63, 3.8) is 0 Å². The van der Waals surface area contributed by atoms with Crippen LogP contribution in [0.4, 0.5) is 0 Å². The minimum absolute atomic E-state index is 0.0235. The number of carbonyl (C=O) groups is 2. The van der Waals surface area contributed by atoms with Gasteiger partial charge in [0.1, 0.15) is 11.4 Å². The van der Waals surface area contributed by atoms with Crippen LogP contribution in [-0.4, -0.2) is 63.1 Å². The van der Waals surface area contributed by atoms with Gasteiger partial charge in [-0.05, 0) is 24.6 Å². The third-order valence-corrected chi connectivity index (χ3v) is 4.22. The molecular weight excluding hydrogens is 308 g/mol. The van der Waals surface area contributed by atoms with Gasteiger partial charge in [-0.1, -0.05) is 19.1 Å². The number of aromatic nitrogens is 2. The molecule has 0 atom stereocenters. The summed E-state index contributed by atoms with van der Waals surface area (Å²) in [6.45, 7) is 3.76. The quantitative estimate of drug-likeness (QED) is 0.888. The second-order valence-corrected chi connectivity index (χ2v) is 5.73. The van der Waals surface area contributed by atoms with Crippen LogP contribution >= 0.6 is 0 Å². The zero-order chi connectivity index (χ0) is 17.1. The van der Waals surface area contributed by atoms with Gasteiger partial charge in [0.15, 0.2) is 0 Å². The molecule has 2 heterocycles. The van der Waals surface area contributed by atoms with Gasteiger partial charge in [-0.2, -0.15) is 5.10 Å². The van der Waals surface area contributed by atoms with Gasteiger partial charge in [-0.15, -0.1) is 0 Å². The molecule has 7 heteroatoms. The summed E-state index contributed by atoms with van der Waals surface area (Å²) in [6, 6.07) is 8.26. The summed E-state index contributed by atoms with van der Waals surface area (Å²) in [4.78, 5) is 28.2. The predicted molar refractivity (Wildman–Crippen MR) is 87.9 cm³/mol. The van der Waals surface area contributed by atoms with Crippen molar-refractivity contribution in [3.8, 4) is 5.75 Å². The normalized spacial score (nSPS) is 14.7. The van der Waals surface area contributed by atoms with E-state index in [1.807, 2.05) is 6.92 Å². The number of benzene rings is 1. The highest BCUT2D eigenvalue weighted by Crippen LogP contribution is 2.19. The predicted octanol–water partition coefficient (Wildman–Crippen LogP) is 1.28. The van der Waals surface area contributed by atoms with E-state index in [9.17, 15) is 14.7 Å². The molecule has 0 saturated carbocycles. The molecule has 1 saturated heterocycles. The molecule has 24 heavy (non-hydrogen) atoms. The van der Waals surface area contributed by atoms with E-state index in [2.05, 4.69) is 10.2 Å². The van der Waals surface area contributed by atoms with Gasteiger partial charge < -0.3 is 14.9 Å². The fourth-order valence-electron chi connectivity index (χ4n) is 2.75. The number of piperazine rings is 1. The van der Waals surface area contributed by atoms with E-state index >= 15 is 0 Å². The summed E-state index contributed by atoms with van der Waals surface area (Å²) in [5.41, 5.74) is 1.62. The molecular formula is C17H20N4O3. The molecule has 0 radical (unpaired) electrons. The Balaban J connectivity index is 1.62. The van der Waals surface area contributed by atoms with Gasteiger partial charge >= 0.3 is 0 Å². The van der Waals surface area contributed by atoms with Crippen LogP contribution in [0.2, 0.25) is 0 Å². The van der Waals surface area contributed by atoms with Crippen LogP contribution in [0, 0.1) is 0 Å². The van der Waals surface area contributed by atoms with Gasteiger partial charge in [0, 0.05) is 31.9 Å². The van der Waals surface area contributed by atoms with E-state index in [4.69, 9.17) is 0 Å². The van der Waals surface area contributed by atoms with Crippen molar-refractivity contribution >= 4 is 11.8 Å². The number of hydrogen-bond donors (Lipinski definition) is 2. The lowest BCUT2D eigenvalue weighted by Crippen LogP contribution is -2.50. The van der Waals surface area contributed by atoms with Gasteiger partial charge in [0.05, 0.1) is 5.56 Å². The lowest BCUT2D eigenvalue weighted by molar-refractivity contribution is 0.0530. The Morgan fingerprint density at radius 2 is 1.75 bits per heavy atom. The minimum atomic E-state index is -0.215. The summed E-state index contributed by atoms with van der Waals surface area (Å²) in [6.07, 6.45) is 0.795. The van der Waals surface area contributed by atoms with Crippen molar-refractivity contribution in [2.24, 2.45) is 0 Å². The molecule has 2 N–H and O–H groups in total. The number of nitrogens with one attached hydrogen (secondary N) is 1. The first kappa shape index (κ1) is 16.0. The monoisotopic (exact) mass is 328 g/mol. The van der Waals surface area contributed by atoms with Gasteiger partial charge in [-0.25, -0.2) is 0 Å². The van der Waals surface area contributed by atoms with Crippen LogP contribution in [0.3, 0.4) is 0 Å². The van der Waals surface area contributed by atoms with Crippen molar-refractivity contribution in [3.05, 3.63) is 47.3 Å². The smallest absolute Gasteiger partial charge is 0.274 e. The topological polar surface area (TPSA) is 89.5 Å². The molecule has 0 spiro atoms. The molecule has 1 aromatic heterocycles. The first-order chi connectivity index (χ1) is 11.6. The second-order valence-electron chi connectivity index (χ2n) is 5.73. The molecule has 2 amide bonds. The van der Waals surface area contributed by atoms with Crippen LogP contribution in [0.25, 0.3) is 0 Å². The fraction of sp³-hybridized carbons (Fsp3) is 0.353. The van der Waals surface area contributed by atoms with Crippen molar-refractivity contribution in [1.82, 2.24) is 20.0 Å². The lowest BCUT2D eigenvalue weighted by atomic mass is 10.1. The van der Waals surface area contributed by atoms with E-state index in [0.29, 0.717) is 31.9 Å². The largest absolute Gasteiger partial charge is 0.507 e. The number of H-pyrrole nitrogens is 1. The van der Waals surface area contributed by atoms with Crippen molar-refractivity contribution in [2.45, 2.75) is 13.3 Å². The number of aromatic hydroxyl groups is 1. The number of phenols is 1. The molecule has 1 fully saturated rings. The molecule has 1 aliphatic rings. The number of carbonyl (C=O) groups excluding carboxylic acids is 2. The number of nitrogens with zero attached hydrogens (tertiary/aromatic N) is 3. The van der Waals surface area contributed by atoms with Crippen molar-refractivity contribution in [1.29, 1.82) is 0 Å². The molecule has 7 nitrogen and oxygen atoms in total. The van der Waals surface area contributed by atoms with E-state index in [1.165, 1.54) is 6.07 Å². The highest BCUT2D eigenvalue weighted by Gasteiger charge is 2.27. The van der Waals surface area contributed by atoms with Crippen molar-refractivity contribution in [2.75, 3.05) is 26.2 Å². The van der Waals surface area contributed by atoms with E-state index in [0.717, 1.165) is 12.1 Å². The third kappa shape index (κ3) is 3.10. The Kier molecular flexibility index (Phi) is 4.50. The number of aryl methyl sites for hydroxylation is 1. The Bertz CT molecular complexity index is 748. The summed E-state index contributed by atoms with van der Waals surface area (Å²) < 4.78 is 0. The molecule has 0 unspecified atom stereocenters. The van der Waals surface area contributed by atoms with Gasteiger partial charge in [-0.3, -0.25) is 14.7 Å². The summed E-state index contributed by atoms with van der Waals surface area (Å²) in [7, 11) is 0. The van der Waals surface area contributed by atoms with E-state index in [1.54, 1.807) is 34.1 Å². The number of phenolic OH excluding ortho intramolecular Hbond substituents is 1. The average molecular weight is 328 g/mol. The van der Waals surface area contributed by atoms with E-state index < -0.39 is 0 Å². The number of hydrogen-bond acceptors (Lipinski definition) is 4. The summed E-state index contributed by atoms with van der Waals surface area (Å²) >= 11 is 0. The lowest BCUT2D eigenvalue weighted by Gasteiger charge is -2.34. The van der Waals surface area contributed by atoms with Crippen LogP contribution in [0.1, 0.15) is 33.5 Å². The molecule has 1 aromatic carbocycles. The van der Waals surface area contributed by atoms with Gasteiger partial charge in [0.25, 0.3) is 11.8 Å². The zero-order valence-corrected chi connectivity index (χ0v) is 13.5. The Labute approximate surface area is 139 Å². The highest BCUT2D eigenvalue weighted by atomic mass is 16.3. The molecule has 126 valence electrons. The third-order valence-electron chi connectivity index (χ3n) is 4.22. The highest BCUT2D eigenvalue weighted by molar-refractivity contribution is 5.97. The summed E-state index contributed by atoms with van der Waals surface area (Å²) in [5, 5.41) is 16.7. The Hall–Kier alpha value is -2.83. The SMILES string of the molecule is CCc1cc(C(=O)N2CCN(C(=O)c3ccccc3O)CC2)n[nH]1. The van der Waals surface area contributed by atoms with Crippen LogP contribution in [-0.2, 0) is 6.42 Å². The van der Waals surface area contributed by atoms with Crippen molar-refractivity contribution < 1.29 is 14.7 Å². The number of amides is 2. The maximum atomic E-state index is 12.5. The first-order valence-corrected chi connectivity index (χ1v) is 8.01. The maximum Gasteiger partial charge on any atom is 0.274 e. The first-order valence-electron chi connectivity index (χ1n) is 8.01. The molecule has 2 aromatic rings. The Morgan fingerprint density at radius 3 is 2.33 bits per heavy atom. The van der Waals surface area contributed by atoms with Crippen LogP contribution in [0.5, 0.6) is 5.75 Å². The number of aromatic amines is 1. The zero-order valence-electron chi connectivity index (χ0n) is 13.5. The summed E-state index contributed by atoms with van der Waals surface area (Å²) in [5.74, 6) is -0.363. The average Bonchev–Trinajstić information content (AvgIpc) is 3.10. The van der Waals surface area contributed by atoms with Gasteiger partial charge in [0.2, 0.25) is 0 Å². The molecule has 0 aliphatic carbocycles. The fourth-order valence-corrected chi connectivity index (χ4v) is 2.75. The number of para-hydroxylation sites is 1. The minimum Gasteiger partial charge on any atom is -0.507 e. The second kappa shape index (κ2) is 6.74. The standard InChI is InChI=1S/C17H20N4O3/c1-2-12-11-14(19-18-12)17(24)21-9-7-20(8-10-21)16(23)13-5-3-4-6-15(13)22/h3-6,11,22H,2,7-10H2,1H3,(H,18,19). The maximum absolute atomic E-state index is 12.5. The molecule has 3 rings (SSSR count). The van der Waals surface area contributed by atoms with Crippen LogP contribution < -0.4 is 0 Å². The van der Waals surface area contributed by atoms with Crippen LogP contribution in [0.15, 0.2) is 30.3 Å². The Morgan fingerprint density at radius 1 is 1.12 bits per heavy atom. The van der Waals surface area contributed by atoms with E-state index in [-0.39, 0.29) is 23.1 Å².